The van der Waals surface area contributed by atoms with Gasteiger partial charge in [-0.1, -0.05) is 30.3 Å². The number of methoxy groups -OCH3 is 1. The Labute approximate surface area is 162 Å². The predicted octanol–water partition coefficient (Wildman–Crippen LogP) is 3.01. The minimum atomic E-state index is -0.927. The number of hydrogen-bond acceptors (Lipinski definition) is 6. The third-order valence-electron chi connectivity index (χ3n) is 3.88. The Morgan fingerprint density at radius 2 is 1.54 bits per heavy atom. The van der Waals surface area contributed by atoms with Crippen LogP contribution in [-0.4, -0.2) is 36.8 Å². The number of Topliss-reactive ketones (excluding diaryl/α,β-unsaturated/α-hetero) is 1. The number of benzene rings is 2. The molecule has 2 rings (SSSR count). The summed E-state index contributed by atoms with van der Waals surface area (Å²) < 4.78 is 9.70. The molecule has 0 saturated carbocycles. The van der Waals surface area contributed by atoms with E-state index in [1.165, 1.54) is 26.2 Å². The van der Waals surface area contributed by atoms with Gasteiger partial charge in [0, 0.05) is 17.7 Å². The van der Waals surface area contributed by atoms with E-state index in [1.54, 1.807) is 42.5 Å². The first kappa shape index (κ1) is 20.8. The molecule has 0 fully saturated rings. The maximum atomic E-state index is 12.2. The summed E-state index contributed by atoms with van der Waals surface area (Å²) in [5.41, 5.74) is 1.30. The van der Waals surface area contributed by atoms with Crippen LogP contribution in [0.2, 0.25) is 0 Å². The predicted molar refractivity (Wildman–Crippen MR) is 102 cm³/mol. The van der Waals surface area contributed by atoms with Crippen LogP contribution >= 0.6 is 0 Å². The zero-order valence-corrected chi connectivity index (χ0v) is 15.6. The largest absolute Gasteiger partial charge is 0.465 e. The van der Waals surface area contributed by atoms with E-state index in [0.29, 0.717) is 16.8 Å². The number of nitrogens with one attached hydrogen (secondary N) is 1. The van der Waals surface area contributed by atoms with Gasteiger partial charge in [-0.25, -0.2) is 4.79 Å². The molecule has 7 heteroatoms. The molecule has 2 aromatic rings. The summed E-state index contributed by atoms with van der Waals surface area (Å²) in [5, 5.41) is 2.62. The van der Waals surface area contributed by atoms with Gasteiger partial charge in [-0.3, -0.25) is 14.4 Å². The van der Waals surface area contributed by atoms with Crippen molar-refractivity contribution in [3.05, 3.63) is 65.7 Å². The smallest absolute Gasteiger partial charge is 0.337 e. The van der Waals surface area contributed by atoms with Crippen molar-refractivity contribution in [1.29, 1.82) is 0 Å². The van der Waals surface area contributed by atoms with Crippen molar-refractivity contribution in [2.24, 2.45) is 0 Å². The van der Waals surface area contributed by atoms with Gasteiger partial charge in [-0.15, -0.1) is 0 Å². The number of carbonyl (C=O) groups excluding carboxylic acids is 4. The van der Waals surface area contributed by atoms with Crippen LogP contribution in [0.25, 0.3) is 0 Å². The van der Waals surface area contributed by atoms with Crippen molar-refractivity contribution in [3.63, 3.8) is 0 Å². The Hall–Kier alpha value is -3.48. The average Bonchev–Trinajstić information content (AvgIpc) is 2.72. The zero-order valence-electron chi connectivity index (χ0n) is 15.6. The van der Waals surface area contributed by atoms with Crippen molar-refractivity contribution < 1.29 is 28.7 Å². The summed E-state index contributed by atoms with van der Waals surface area (Å²) in [7, 11) is 1.28. The lowest BCUT2D eigenvalue weighted by molar-refractivity contribution is -0.147. The summed E-state index contributed by atoms with van der Waals surface area (Å²) in [6, 6.07) is 14.7. The van der Waals surface area contributed by atoms with Gasteiger partial charge in [0.25, 0.3) is 0 Å². The van der Waals surface area contributed by atoms with Crippen LogP contribution in [0.4, 0.5) is 5.69 Å². The lowest BCUT2D eigenvalue weighted by atomic mass is 10.1. The maximum Gasteiger partial charge on any atom is 0.337 e. The van der Waals surface area contributed by atoms with E-state index in [9.17, 15) is 19.2 Å². The normalized spacial score (nSPS) is 11.2. The molecule has 0 aliphatic rings. The molecule has 7 nitrogen and oxygen atoms in total. The van der Waals surface area contributed by atoms with E-state index in [4.69, 9.17) is 4.74 Å². The molecular formula is C21H21NO6. The number of rotatable bonds is 8. The van der Waals surface area contributed by atoms with Crippen LogP contribution in [0.15, 0.2) is 54.6 Å². The molecule has 0 aromatic heterocycles. The molecule has 0 unspecified atom stereocenters. The van der Waals surface area contributed by atoms with Gasteiger partial charge in [0.15, 0.2) is 6.10 Å². The van der Waals surface area contributed by atoms with Gasteiger partial charge in [-0.2, -0.15) is 0 Å². The van der Waals surface area contributed by atoms with Crippen LogP contribution in [0.1, 0.15) is 40.5 Å². The summed E-state index contributed by atoms with van der Waals surface area (Å²) in [4.78, 5) is 47.4. The van der Waals surface area contributed by atoms with E-state index in [2.05, 4.69) is 10.1 Å². The van der Waals surface area contributed by atoms with E-state index >= 15 is 0 Å². The molecule has 0 aliphatic heterocycles. The molecule has 146 valence electrons. The third-order valence-corrected chi connectivity index (χ3v) is 3.88. The maximum absolute atomic E-state index is 12.2. The first-order chi connectivity index (χ1) is 13.4. The first-order valence-corrected chi connectivity index (χ1v) is 8.67. The summed E-state index contributed by atoms with van der Waals surface area (Å²) in [5.74, 6) is -1.79. The molecule has 28 heavy (non-hydrogen) atoms. The second-order valence-electron chi connectivity index (χ2n) is 5.98. The number of ether oxygens (including phenoxy) is 2. The fraction of sp³-hybridized carbons (Fsp3) is 0.238. The molecule has 0 radical (unpaired) electrons. The Morgan fingerprint density at radius 1 is 0.893 bits per heavy atom. The van der Waals surface area contributed by atoms with Gasteiger partial charge < -0.3 is 14.8 Å². The lowest BCUT2D eigenvalue weighted by Crippen LogP contribution is -2.25. The van der Waals surface area contributed by atoms with Crippen molar-refractivity contribution in [2.75, 3.05) is 12.4 Å². The Kier molecular flexibility index (Phi) is 7.45. The number of anilines is 1. The van der Waals surface area contributed by atoms with Crippen molar-refractivity contribution in [1.82, 2.24) is 0 Å². The average molecular weight is 383 g/mol. The molecule has 1 atom stereocenters. The standard InChI is InChI=1S/C21H21NO6/c1-14(20(25)15-6-4-3-5-7-15)28-19(24)13-12-18(23)22-17-10-8-16(9-11-17)21(26)27-2/h3-11,14H,12-13H2,1-2H3,(H,22,23)/t14-/m0/s1. The van der Waals surface area contributed by atoms with Crippen LogP contribution < -0.4 is 5.32 Å². The van der Waals surface area contributed by atoms with Crippen LogP contribution in [0.5, 0.6) is 0 Å². The second kappa shape index (κ2) is 10.0. The SMILES string of the molecule is COC(=O)c1ccc(NC(=O)CCC(=O)O[C@@H](C)C(=O)c2ccccc2)cc1. The molecule has 0 saturated heterocycles. The number of carbonyl (C=O) groups is 4. The highest BCUT2D eigenvalue weighted by Gasteiger charge is 2.19. The van der Waals surface area contributed by atoms with Gasteiger partial charge in [-0.05, 0) is 31.2 Å². The topological polar surface area (TPSA) is 98.8 Å². The summed E-state index contributed by atoms with van der Waals surface area (Å²) in [6.45, 7) is 1.50. The van der Waals surface area contributed by atoms with Crippen LogP contribution in [-0.2, 0) is 19.1 Å². The molecule has 0 spiro atoms. The Balaban J connectivity index is 1.78. The fourth-order valence-corrected chi connectivity index (χ4v) is 2.39. The molecule has 0 bridgehead atoms. The Bertz CT molecular complexity index is 845. The van der Waals surface area contributed by atoms with E-state index < -0.39 is 18.0 Å². The molecule has 2 aromatic carbocycles. The lowest BCUT2D eigenvalue weighted by Gasteiger charge is -2.12. The van der Waals surface area contributed by atoms with E-state index in [0.717, 1.165) is 0 Å². The first-order valence-electron chi connectivity index (χ1n) is 8.67. The number of hydrogen-bond donors (Lipinski definition) is 1. The monoisotopic (exact) mass is 383 g/mol. The minimum absolute atomic E-state index is 0.0934. The molecule has 1 N–H and O–H groups in total. The zero-order chi connectivity index (χ0) is 20.5. The quantitative estimate of drug-likeness (QED) is 0.556. The molecule has 0 aliphatic carbocycles. The van der Waals surface area contributed by atoms with Gasteiger partial charge in [0.1, 0.15) is 0 Å². The van der Waals surface area contributed by atoms with Crippen molar-refractivity contribution >= 4 is 29.3 Å². The summed E-state index contributed by atoms with van der Waals surface area (Å²) in [6.07, 6.45) is -1.17. The molecule has 0 heterocycles. The molecule has 1 amide bonds. The van der Waals surface area contributed by atoms with E-state index in [1.807, 2.05) is 0 Å². The van der Waals surface area contributed by atoms with Crippen molar-refractivity contribution in [3.8, 4) is 0 Å². The summed E-state index contributed by atoms with van der Waals surface area (Å²) >= 11 is 0. The van der Waals surface area contributed by atoms with Crippen LogP contribution in [0.3, 0.4) is 0 Å². The number of amides is 1. The number of ketones is 1. The van der Waals surface area contributed by atoms with Crippen LogP contribution in [0, 0.1) is 0 Å². The fourth-order valence-electron chi connectivity index (χ4n) is 2.39. The van der Waals surface area contributed by atoms with Gasteiger partial charge in [0.05, 0.1) is 19.1 Å². The van der Waals surface area contributed by atoms with E-state index in [-0.39, 0.29) is 24.5 Å². The molecular weight excluding hydrogens is 362 g/mol. The third kappa shape index (κ3) is 6.05. The number of esters is 2. The highest BCUT2D eigenvalue weighted by atomic mass is 16.5. The highest BCUT2D eigenvalue weighted by Crippen LogP contribution is 2.12. The van der Waals surface area contributed by atoms with Gasteiger partial charge in [0.2, 0.25) is 11.7 Å². The minimum Gasteiger partial charge on any atom is -0.465 e. The van der Waals surface area contributed by atoms with Gasteiger partial charge >= 0.3 is 11.9 Å². The second-order valence-corrected chi connectivity index (χ2v) is 5.98. The Morgan fingerprint density at radius 3 is 2.14 bits per heavy atom. The van der Waals surface area contributed by atoms with Crippen molar-refractivity contribution in [2.45, 2.75) is 25.9 Å². The highest BCUT2D eigenvalue weighted by molar-refractivity contribution is 6.00.